The summed E-state index contributed by atoms with van der Waals surface area (Å²) in [6, 6.07) is 15.5. The van der Waals surface area contributed by atoms with E-state index in [1.165, 1.54) is 32.4 Å². The van der Waals surface area contributed by atoms with Crippen molar-refractivity contribution < 1.29 is 28.6 Å². The maximum atomic E-state index is 13.2. The summed E-state index contributed by atoms with van der Waals surface area (Å²) in [6.07, 6.45) is 1.36. The van der Waals surface area contributed by atoms with E-state index in [0.29, 0.717) is 32.9 Å². The molecule has 1 saturated heterocycles. The Morgan fingerprint density at radius 1 is 0.889 bits per heavy atom. The van der Waals surface area contributed by atoms with E-state index in [9.17, 15) is 14.4 Å². The third kappa shape index (κ3) is 5.30. The van der Waals surface area contributed by atoms with E-state index in [4.69, 9.17) is 37.4 Å². The van der Waals surface area contributed by atoms with E-state index in [2.05, 4.69) is 5.32 Å². The van der Waals surface area contributed by atoms with E-state index in [1.807, 2.05) is 0 Å². The number of ether oxygens (including phenoxy) is 3. The van der Waals surface area contributed by atoms with Gasteiger partial charge in [0.25, 0.3) is 11.8 Å². The highest BCUT2D eigenvalue weighted by Crippen LogP contribution is 2.29. The van der Waals surface area contributed by atoms with Gasteiger partial charge < -0.3 is 14.2 Å². The molecule has 0 bridgehead atoms. The number of methoxy groups -OCH3 is 2. The van der Waals surface area contributed by atoms with Gasteiger partial charge in [0.2, 0.25) is 0 Å². The summed E-state index contributed by atoms with van der Waals surface area (Å²) < 4.78 is 16.3. The van der Waals surface area contributed by atoms with Crippen LogP contribution < -0.4 is 24.4 Å². The van der Waals surface area contributed by atoms with Gasteiger partial charge in [-0.25, -0.2) is 9.69 Å². The first-order chi connectivity index (χ1) is 17.3. The summed E-state index contributed by atoms with van der Waals surface area (Å²) in [5, 5.41) is 3.20. The smallest absolute Gasteiger partial charge is 0.335 e. The monoisotopic (exact) mass is 526 g/mol. The number of hydrogen-bond donors (Lipinski definition) is 1. The average molecular weight is 527 g/mol. The highest BCUT2D eigenvalue weighted by molar-refractivity contribution is 6.39. The summed E-state index contributed by atoms with van der Waals surface area (Å²) >= 11 is 12.1. The molecule has 8 nitrogen and oxygen atoms in total. The molecule has 0 atom stereocenters. The Kier molecular flexibility index (Phi) is 7.47. The SMILES string of the molecule is COc1ccc(/C=C2\C(=O)NC(=O)N(c3ccc(OCc4ccc(Cl)cc4Cl)cc3)C2=O)c(OC)c1. The second-order valence-corrected chi connectivity index (χ2v) is 8.43. The summed E-state index contributed by atoms with van der Waals surface area (Å²) in [5.74, 6) is -0.148. The third-order valence-electron chi connectivity index (χ3n) is 5.35. The Morgan fingerprint density at radius 3 is 2.28 bits per heavy atom. The molecule has 1 fully saturated rings. The van der Waals surface area contributed by atoms with Crippen LogP contribution in [0.15, 0.2) is 66.2 Å². The van der Waals surface area contributed by atoms with Gasteiger partial charge in [-0.1, -0.05) is 29.3 Å². The number of carbonyl (C=O) groups is 3. The van der Waals surface area contributed by atoms with Crippen molar-refractivity contribution in [1.29, 1.82) is 0 Å². The number of nitrogens with zero attached hydrogens (tertiary/aromatic N) is 1. The van der Waals surface area contributed by atoms with E-state index in [0.717, 1.165) is 10.5 Å². The molecule has 10 heteroatoms. The molecule has 1 N–H and O–H groups in total. The number of hydrogen-bond acceptors (Lipinski definition) is 6. The Hall–Kier alpha value is -4.01. The van der Waals surface area contributed by atoms with E-state index in [1.54, 1.807) is 48.5 Å². The Balaban J connectivity index is 1.55. The highest BCUT2D eigenvalue weighted by Gasteiger charge is 2.37. The van der Waals surface area contributed by atoms with Gasteiger partial charge >= 0.3 is 6.03 Å². The van der Waals surface area contributed by atoms with Crippen LogP contribution in [0.2, 0.25) is 10.0 Å². The first-order valence-electron chi connectivity index (χ1n) is 10.6. The van der Waals surface area contributed by atoms with Crippen LogP contribution in [0.25, 0.3) is 6.08 Å². The summed E-state index contributed by atoms with van der Waals surface area (Å²) in [4.78, 5) is 39.1. The van der Waals surface area contributed by atoms with Crippen molar-refractivity contribution in [3.05, 3.63) is 87.4 Å². The van der Waals surface area contributed by atoms with Gasteiger partial charge in [0.05, 0.1) is 19.9 Å². The van der Waals surface area contributed by atoms with E-state index < -0.39 is 17.8 Å². The number of halogens is 2. The lowest BCUT2D eigenvalue weighted by Crippen LogP contribution is -2.54. The predicted octanol–water partition coefficient (Wildman–Crippen LogP) is 5.26. The lowest BCUT2D eigenvalue weighted by molar-refractivity contribution is -0.122. The van der Waals surface area contributed by atoms with Crippen molar-refractivity contribution in [3.8, 4) is 17.2 Å². The molecule has 0 radical (unpaired) electrons. The zero-order chi connectivity index (χ0) is 25.8. The molecule has 0 unspecified atom stereocenters. The number of rotatable bonds is 7. The van der Waals surface area contributed by atoms with Crippen LogP contribution >= 0.6 is 23.2 Å². The van der Waals surface area contributed by atoms with Crippen molar-refractivity contribution in [1.82, 2.24) is 5.32 Å². The Morgan fingerprint density at radius 2 is 1.61 bits per heavy atom. The molecule has 0 aliphatic carbocycles. The van der Waals surface area contributed by atoms with Crippen LogP contribution in [0.4, 0.5) is 10.5 Å². The quantitative estimate of drug-likeness (QED) is 0.333. The van der Waals surface area contributed by atoms with Crippen LogP contribution in [-0.2, 0) is 16.2 Å². The minimum Gasteiger partial charge on any atom is -0.497 e. The Labute approximate surface area is 217 Å². The standard InChI is InChI=1S/C26H20Cl2N2O6/c1-34-20-8-4-15(23(13-20)35-2)11-21-24(31)29-26(33)30(25(21)32)18-6-9-19(10-7-18)36-14-16-3-5-17(27)12-22(16)28/h3-13H,14H2,1-2H3,(H,29,31,33)/b21-11+. The molecule has 3 aromatic rings. The largest absolute Gasteiger partial charge is 0.497 e. The molecule has 1 aliphatic rings. The number of amides is 4. The van der Waals surface area contributed by atoms with Crippen molar-refractivity contribution in [3.63, 3.8) is 0 Å². The number of urea groups is 1. The van der Waals surface area contributed by atoms with Crippen molar-refractivity contribution in [2.45, 2.75) is 6.61 Å². The Bertz CT molecular complexity index is 1370. The van der Waals surface area contributed by atoms with Crippen molar-refractivity contribution >= 4 is 52.8 Å². The van der Waals surface area contributed by atoms with Gasteiger partial charge in [0.15, 0.2) is 0 Å². The van der Waals surface area contributed by atoms with Crippen LogP contribution in [0, 0.1) is 0 Å². The molecule has 1 aliphatic heterocycles. The van der Waals surface area contributed by atoms with Gasteiger partial charge in [-0.15, -0.1) is 0 Å². The fourth-order valence-electron chi connectivity index (χ4n) is 3.48. The van der Waals surface area contributed by atoms with Gasteiger partial charge in [-0.2, -0.15) is 0 Å². The molecule has 4 rings (SSSR count). The second kappa shape index (κ2) is 10.7. The molecule has 1 heterocycles. The summed E-state index contributed by atoms with van der Waals surface area (Å²) in [5.41, 5.74) is 1.25. The first kappa shape index (κ1) is 25.1. The lowest BCUT2D eigenvalue weighted by Gasteiger charge is -2.26. The normalized spacial score (nSPS) is 14.6. The van der Waals surface area contributed by atoms with Crippen LogP contribution in [0.5, 0.6) is 17.2 Å². The molecule has 0 spiro atoms. The van der Waals surface area contributed by atoms with Crippen molar-refractivity contribution in [2.24, 2.45) is 0 Å². The molecule has 36 heavy (non-hydrogen) atoms. The zero-order valence-electron chi connectivity index (χ0n) is 19.2. The molecule has 0 saturated carbocycles. The molecular formula is C26H20Cl2N2O6. The van der Waals surface area contributed by atoms with Gasteiger partial charge in [0, 0.05) is 27.2 Å². The lowest BCUT2D eigenvalue weighted by atomic mass is 10.1. The fourth-order valence-corrected chi connectivity index (χ4v) is 3.94. The van der Waals surface area contributed by atoms with Gasteiger partial charge in [-0.05, 0) is 54.6 Å². The molecule has 0 aromatic heterocycles. The van der Waals surface area contributed by atoms with Crippen LogP contribution in [0.1, 0.15) is 11.1 Å². The van der Waals surface area contributed by atoms with Crippen LogP contribution in [-0.4, -0.2) is 32.1 Å². The number of imide groups is 2. The van der Waals surface area contributed by atoms with Crippen molar-refractivity contribution in [2.75, 3.05) is 19.1 Å². The fraction of sp³-hybridized carbons (Fsp3) is 0.115. The van der Waals surface area contributed by atoms with Gasteiger partial charge in [-0.3, -0.25) is 14.9 Å². The molecule has 184 valence electrons. The maximum Gasteiger partial charge on any atom is 0.335 e. The number of nitrogens with one attached hydrogen (secondary N) is 1. The predicted molar refractivity (Wildman–Crippen MR) is 136 cm³/mol. The molecular weight excluding hydrogens is 507 g/mol. The third-order valence-corrected chi connectivity index (χ3v) is 5.93. The first-order valence-corrected chi connectivity index (χ1v) is 11.4. The molecule has 4 amide bonds. The van der Waals surface area contributed by atoms with E-state index in [-0.39, 0.29) is 17.9 Å². The van der Waals surface area contributed by atoms with E-state index >= 15 is 0 Å². The van der Waals surface area contributed by atoms with Crippen LogP contribution in [0.3, 0.4) is 0 Å². The number of barbiturate groups is 1. The topological polar surface area (TPSA) is 94.2 Å². The highest BCUT2D eigenvalue weighted by atomic mass is 35.5. The summed E-state index contributed by atoms with van der Waals surface area (Å²) in [7, 11) is 2.97. The zero-order valence-corrected chi connectivity index (χ0v) is 20.7. The van der Waals surface area contributed by atoms with Gasteiger partial charge in [0.1, 0.15) is 29.4 Å². The number of carbonyl (C=O) groups excluding carboxylic acids is 3. The maximum absolute atomic E-state index is 13.2. The number of anilines is 1. The molecule has 3 aromatic carbocycles. The second-order valence-electron chi connectivity index (χ2n) is 7.58. The number of benzene rings is 3. The minimum atomic E-state index is -0.856. The minimum absolute atomic E-state index is 0.198. The summed E-state index contributed by atoms with van der Waals surface area (Å²) in [6.45, 7) is 0.198. The average Bonchev–Trinajstić information content (AvgIpc) is 2.86.